The summed E-state index contributed by atoms with van der Waals surface area (Å²) >= 11 is 0. The van der Waals surface area contributed by atoms with Crippen LogP contribution in [-0.2, 0) is 4.79 Å². The molecule has 0 aromatic carbocycles. The van der Waals surface area contributed by atoms with Gasteiger partial charge in [0, 0.05) is 19.6 Å². The van der Waals surface area contributed by atoms with Crippen molar-refractivity contribution in [2.45, 2.75) is 44.2 Å². The summed E-state index contributed by atoms with van der Waals surface area (Å²) in [7, 11) is 2.11. The van der Waals surface area contributed by atoms with E-state index in [1.165, 1.54) is 0 Å². The van der Waals surface area contributed by atoms with Crippen molar-refractivity contribution in [2.24, 2.45) is 0 Å². The van der Waals surface area contributed by atoms with Crippen LogP contribution in [0.1, 0.15) is 33.1 Å². The number of amides is 1. The Kier molecular flexibility index (Phi) is 2.75. The fourth-order valence-electron chi connectivity index (χ4n) is 2.60. The van der Waals surface area contributed by atoms with E-state index in [9.17, 15) is 9.90 Å². The zero-order valence-electron chi connectivity index (χ0n) is 10.5. The molecular weight excluding hydrogens is 204 g/mol. The first-order chi connectivity index (χ1) is 7.32. The molecule has 2 fully saturated rings. The summed E-state index contributed by atoms with van der Waals surface area (Å²) in [6.07, 6.45) is 2.47. The number of carbonyl (C=O) groups is 1. The molecule has 0 bridgehead atoms. The van der Waals surface area contributed by atoms with E-state index in [1.807, 2.05) is 4.90 Å². The van der Waals surface area contributed by atoms with Crippen molar-refractivity contribution in [2.75, 3.05) is 26.7 Å². The minimum absolute atomic E-state index is 0.106. The lowest BCUT2D eigenvalue weighted by Gasteiger charge is -2.41. The molecule has 0 aromatic rings. The van der Waals surface area contributed by atoms with Crippen LogP contribution in [0.3, 0.4) is 0 Å². The predicted molar refractivity (Wildman–Crippen MR) is 62.1 cm³/mol. The summed E-state index contributed by atoms with van der Waals surface area (Å²) in [5.74, 6) is 0.109. The standard InChI is InChI=1S/C12H22N2O2/c1-11(2,16)8-10(15)14-7-6-13(3)9-12(14)4-5-12/h16H,4-9H2,1-3H3. The second kappa shape index (κ2) is 3.70. The molecular formula is C12H22N2O2. The van der Waals surface area contributed by atoms with Gasteiger partial charge in [-0.1, -0.05) is 0 Å². The smallest absolute Gasteiger partial charge is 0.225 e. The van der Waals surface area contributed by atoms with Crippen LogP contribution in [0.5, 0.6) is 0 Å². The van der Waals surface area contributed by atoms with Crippen molar-refractivity contribution in [3.05, 3.63) is 0 Å². The SMILES string of the molecule is CN1CCN(C(=O)CC(C)(C)O)C2(CC2)C1. The molecule has 0 atom stereocenters. The number of aliphatic hydroxyl groups is 1. The normalized spacial score (nSPS) is 24.9. The average molecular weight is 226 g/mol. The Morgan fingerprint density at radius 3 is 2.50 bits per heavy atom. The minimum atomic E-state index is -0.892. The summed E-state index contributed by atoms with van der Waals surface area (Å²) in [5.41, 5.74) is -0.786. The van der Waals surface area contributed by atoms with E-state index >= 15 is 0 Å². The summed E-state index contributed by atoms with van der Waals surface area (Å²) in [4.78, 5) is 16.4. The predicted octanol–water partition coefficient (Wildman–Crippen LogP) is 0.454. The van der Waals surface area contributed by atoms with E-state index in [-0.39, 0.29) is 17.9 Å². The van der Waals surface area contributed by atoms with E-state index in [1.54, 1.807) is 13.8 Å². The van der Waals surface area contributed by atoms with Crippen molar-refractivity contribution in [1.82, 2.24) is 9.80 Å². The van der Waals surface area contributed by atoms with Gasteiger partial charge >= 0.3 is 0 Å². The first-order valence-electron chi connectivity index (χ1n) is 6.04. The second-order valence-electron chi connectivity index (χ2n) is 6.00. The molecule has 1 aliphatic carbocycles. The largest absolute Gasteiger partial charge is 0.390 e. The number of likely N-dealkylation sites (N-methyl/N-ethyl adjacent to an activating group) is 1. The van der Waals surface area contributed by atoms with Crippen molar-refractivity contribution in [3.8, 4) is 0 Å². The Balaban J connectivity index is 2.01. The van der Waals surface area contributed by atoms with Crippen molar-refractivity contribution < 1.29 is 9.90 Å². The van der Waals surface area contributed by atoms with Crippen LogP contribution < -0.4 is 0 Å². The molecule has 0 unspecified atom stereocenters. The van der Waals surface area contributed by atoms with Crippen LogP contribution in [0.2, 0.25) is 0 Å². The highest BCUT2D eigenvalue weighted by Crippen LogP contribution is 2.44. The van der Waals surface area contributed by atoms with Crippen LogP contribution >= 0.6 is 0 Å². The molecule has 1 spiro atoms. The van der Waals surface area contributed by atoms with Gasteiger partial charge < -0.3 is 14.9 Å². The van der Waals surface area contributed by atoms with E-state index in [0.29, 0.717) is 0 Å². The zero-order chi connectivity index (χ0) is 12.0. The van der Waals surface area contributed by atoms with Crippen LogP contribution in [0.4, 0.5) is 0 Å². The lowest BCUT2D eigenvalue weighted by atomic mass is 10.0. The summed E-state index contributed by atoms with van der Waals surface area (Å²) < 4.78 is 0. The lowest BCUT2D eigenvalue weighted by molar-refractivity contribution is -0.141. The number of hydrogen-bond donors (Lipinski definition) is 1. The lowest BCUT2D eigenvalue weighted by Crippen LogP contribution is -2.56. The van der Waals surface area contributed by atoms with Gasteiger partial charge in [-0.05, 0) is 33.7 Å². The molecule has 1 aliphatic heterocycles. The van der Waals surface area contributed by atoms with Gasteiger partial charge in [-0.2, -0.15) is 0 Å². The molecule has 0 radical (unpaired) electrons. The molecule has 2 aliphatic rings. The quantitative estimate of drug-likeness (QED) is 0.743. The van der Waals surface area contributed by atoms with Gasteiger partial charge in [-0.3, -0.25) is 4.79 Å². The maximum Gasteiger partial charge on any atom is 0.225 e. The Morgan fingerprint density at radius 2 is 2.00 bits per heavy atom. The molecule has 0 aromatic heterocycles. The monoisotopic (exact) mass is 226 g/mol. The first-order valence-corrected chi connectivity index (χ1v) is 6.04. The van der Waals surface area contributed by atoms with Crippen LogP contribution in [-0.4, -0.2) is 58.6 Å². The maximum absolute atomic E-state index is 12.1. The van der Waals surface area contributed by atoms with Gasteiger partial charge in [0.25, 0.3) is 0 Å². The Hall–Kier alpha value is -0.610. The number of nitrogens with zero attached hydrogens (tertiary/aromatic N) is 2. The molecule has 92 valence electrons. The van der Waals surface area contributed by atoms with Crippen molar-refractivity contribution in [3.63, 3.8) is 0 Å². The summed E-state index contributed by atoms with van der Waals surface area (Å²) in [5, 5.41) is 9.70. The van der Waals surface area contributed by atoms with Gasteiger partial charge in [-0.15, -0.1) is 0 Å². The number of carbonyl (C=O) groups excluding carboxylic acids is 1. The third kappa shape index (κ3) is 2.38. The highest BCUT2D eigenvalue weighted by atomic mass is 16.3. The molecule has 1 saturated heterocycles. The van der Waals surface area contributed by atoms with Crippen LogP contribution in [0.15, 0.2) is 0 Å². The summed E-state index contributed by atoms with van der Waals surface area (Å²) in [6.45, 7) is 6.14. The van der Waals surface area contributed by atoms with Crippen molar-refractivity contribution in [1.29, 1.82) is 0 Å². The molecule has 1 amide bonds. The van der Waals surface area contributed by atoms with E-state index in [4.69, 9.17) is 0 Å². The number of rotatable bonds is 2. The topological polar surface area (TPSA) is 43.8 Å². The molecule has 16 heavy (non-hydrogen) atoms. The number of hydrogen-bond acceptors (Lipinski definition) is 3. The average Bonchev–Trinajstić information content (AvgIpc) is 2.81. The van der Waals surface area contributed by atoms with Gasteiger partial charge in [0.2, 0.25) is 5.91 Å². The van der Waals surface area contributed by atoms with Gasteiger partial charge in [0.1, 0.15) is 0 Å². The Morgan fingerprint density at radius 1 is 1.38 bits per heavy atom. The fraction of sp³-hybridized carbons (Fsp3) is 0.917. The second-order valence-corrected chi connectivity index (χ2v) is 6.00. The molecule has 4 nitrogen and oxygen atoms in total. The zero-order valence-corrected chi connectivity index (χ0v) is 10.5. The van der Waals surface area contributed by atoms with E-state index in [0.717, 1.165) is 32.5 Å². The fourth-order valence-corrected chi connectivity index (χ4v) is 2.60. The maximum atomic E-state index is 12.1. The molecule has 2 rings (SSSR count). The molecule has 1 heterocycles. The molecule has 1 saturated carbocycles. The van der Waals surface area contributed by atoms with E-state index < -0.39 is 5.60 Å². The van der Waals surface area contributed by atoms with Gasteiger partial charge in [0.05, 0.1) is 17.6 Å². The van der Waals surface area contributed by atoms with Gasteiger partial charge in [0.15, 0.2) is 0 Å². The Bertz CT molecular complexity index is 292. The first kappa shape index (κ1) is 11.9. The molecule has 4 heteroatoms. The van der Waals surface area contributed by atoms with E-state index in [2.05, 4.69) is 11.9 Å². The van der Waals surface area contributed by atoms with Crippen molar-refractivity contribution >= 4 is 5.91 Å². The molecule has 1 N–H and O–H groups in total. The number of piperazine rings is 1. The van der Waals surface area contributed by atoms with Crippen LogP contribution in [0, 0.1) is 0 Å². The third-order valence-corrected chi connectivity index (χ3v) is 3.55. The highest BCUT2D eigenvalue weighted by molar-refractivity contribution is 5.78. The van der Waals surface area contributed by atoms with Gasteiger partial charge in [-0.25, -0.2) is 0 Å². The Labute approximate surface area is 97.2 Å². The summed E-state index contributed by atoms with van der Waals surface area (Å²) in [6, 6.07) is 0. The van der Waals surface area contributed by atoms with Crippen LogP contribution in [0.25, 0.3) is 0 Å². The third-order valence-electron chi connectivity index (χ3n) is 3.55. The highest BCUT2D eigenvalue weighted by Gasteiger charge is 2.52. The minimum Gasteiger partial charge on any atom is -0.390 e.